The molecule has 0 aromatic heterocycles. The van der Waals surface area contributed by atoms with Gasteiger partial charge >= 0.3 is 5.97 Å². The van der Waals surface area contributed by atoms with E-state index in [9.17, 15) is 9.90 Å². The van der Waals surface area contributed by atoms with Crippen LogP contribution in [-0.4, -0.2) is 11.1 Å². The van der Waals surface area contributed by atoms with Crippen LogP contribution in [0.25, 0.3) is 0 Å². The predicted octanol–water partition coefficient (Wildman–Crippen LogP) is 7.40. The van der Waals surface area contributed by atoms with Gasteiger partial charge in [-0.1, -0.05) is 120 Å². The number of rotatable bonds is 5. The van der Waals surface area contributed by atoms with Crippen LogP contribution in [0.4, 0.5) is 0 Å². The maximum atomic E-state index is 14.2. The number of hydrogen-bond donors (Lipinski definition) is 1. The minimum Gasteiger partial charge on any atom is -0.425 e. The Balaban J connectivity index is 1.82. The molecule has 0 bridgehead atoms. The number of aliphatic hydroxyl groups is 1. The Labute approximate surface area is 210 Å². The van der Waals surface area contributed by atoms with Crippen LogP contribution in [-0.2, 0) is 15.6 Å². The van der Waals surface area contributed by atoms with Gasteiger partial charge in [-0.05, 0) is 35.3 Å². The second-order valence-electron chi connectivity index (χ2n) is 12.1. The summed E-state index contributed by atoms with van der Waals surface area (Å²) in [4.78, 5) is 14.2. The second kappa shape index (κ2) is 8.95. The number of carbonyl (C=O) groups excluding carboxylic acids is 1. The van der Waals surface area contributed by atoms with Crippen molar-refractivity contribution >= 4 is 5.97 Å². The molecular formula is C32H38O3. The minimum absolute atomic E-state index is 0.104. The molecule has 4 rings (SSSR count). The topological polar surface area (TPSA) is 46.5 Å². The molecule has 3 unspecified atom stereocenters. The SMILES string of the molecule is Cc1cc(C(C)(C)C)c(OC(=O)C2(C(O)c3ccccc3)CC2c2ccccc2)c(C(C)(C)C)c1. The van der Waals surface area contributed by atoms with Crippen molar-refractivity contribution in [3.63, 3.8) is 0 Å². The number of ether oxygens (including phenoxy) is 1. The normalized spacial score (nSPS) is 20.9. The van der Waals surface area contributed by atoms with E-state index in [1.54, 1.807) is 0 Å². The first-order valence-electron chi connectivity index (χ1n) is 12.5. The summed E-state index contributed by atoms with van der Waals surface area (Å²) in [6, 6.07) is 23.7. The van der Waals surface area contributed by atoms with Crippen molar-refractivity contribution < 1.29 is 14.6 Å². The van der Waals surface area contributed by atoms with Crippen LogP contribution in [0.5, 0.6) is 5.75 Å². The van der Waals surface area contributed by atoms with Crippen molar-refractivity contribution in [1.82, 2.24) is 0 Å². The highest BCUT2D eigenvalue weighted by Crippen LogP contribution is 2.66. The van der Waals surface area contributed by atoms with E-state index in [1.807, 2.05) is 60.7 Å². The molecular weight excluding hydrogens is 432 g/mol. The Bertz CT molecular complexity index is 1160. The van der Waals surface area contributed by atoms with Crippen LogP contribution in [0, 0.1) is 12.3 Å². The lowest BCUT2D eigenvalue weighted by molar-refractivity contribution is -0.146. The molecule has 0 heterocycles. The molecule has 1 saturated carbocycles. The summed E-state index contributed by atoms with van der Waals surface area (Å²) >= 11 is 0. The highest BCUT2D eigenvalue weighted by Gasteiger charge is 2.66. The molecule has 0 radical (unpaired) electrons. The van der Waals surface area contributed by atoms with Gasteiger partial charge in [-0.2, -0.15) is 0 Å². The monoisotopic (exact) mass is 470 g/mol. The molecule has 0 spiro atoms. The van der Waals surface area contributed by atoms with Gasteiger partial charge in [0.15, 0.2) is 0 Å². The maximum absolute atomic E-state index is 14.2. The van der Waals surface area contributed by atoms with E-state index in [0.29, 0.717) is 12.2 Å². The summed E-state index contributed by atoms with van der Waals surface area (Å²) in [6.45, 7) is 14.9. The second-order valence-corrected chi connectivity index (χ2v) is 12.1. The van der Waals surface area contributed by atoms with Crippen LogP contribution in [0.1, 0.15) is 87.8 Å². The third kappa shape index (κ3) is 4.79. The van der Waals surface area contributed by atoms with Crippen molar-refractivity contribution in [1.29, 1.82) is 0 Å². The van der Waals surface area contributed by atoms with Gasteiger partial charge in [-0.15, -0.1) is 0 Å². The van der Waals surface area contributed by atoms with Gasteiger partial charge in [0, 0.05) is 17.0 Å². The van der Waals surface area contributed by atoms with Crippen molar-refractivity contribution in [3.8, 4) is 5.75 Å². The summed E-state index contributed by atoms with van der Waals surface area (Å²) in [5.41, 5.74) is 3.50. The minimum atomic E-state index is -1.03. The van der Waals surface area contributed by atoms with Crippen molar-refractivity contribution in [3.05, 3.63) is 101 Å². The van der Waals surface area contributed by atoms with E-state index < -0.39 is 11.5 Å². The van der Waals surface area contributed by atoms with Gasteiger partial charge in [-0.3, -0.25) is 4.79 Å². The molecule has 1 aliphatic carbocycles. The predicted molar refractivity (Wildman–Crippen MR) is 142 cm³/mol. The first-order valence-corrected chi connectivity index (χ1v) is 12.5. The standard InChI is InChI=1S/C32H38O3/c1-21-18-24(30(2,3)4)27(25(19-21)31(5,6)7)35-29(34)32(28(33)23-16-12-9-13-17-23)20-26(32)22-14-10-8-11-15-22/h8-19,26,28,33H,20H2,1-7H3. The molecule has 3 atom stereocenters. The highest BCUT2D eigenvalue weighted by molar-refractivity contribution is 5.86. The number of benzene rings is 3. The number of carbonyl (C=O) groups is 1. The molecule has 1 fully saturated rings. The lowest BCUT2D eigenvalue weighted by atomic mass is 9.78. The zero-order chi connectivity index (χ0) is 25.6. The van der Waals surface area contributed by atoms with Gasteiger partial charge in [0.1, 0.15) is 11.2 Å². The highest BCUT2D eigenvalue weighted by atomic mass is 16.5. The van der Waals surface area contributed by atoms with Crippen LogP contribution < -0.4 is 4.74 Å². The fraction of sp³-hybridized carbons (Fsp3) is 0.406. The number of aliphatic hydroxyl groups excluding tert-OH is 1. The zero-order valence-corrected chi connectivity index (χ0v) is 22.1. The summed E-state index contributed by atoms with van der Waals surface area (Å²) < 4.78 is 6.41. The molecule has 3 nitrogen and oxygen atoms in total. The van der Waals surface area contributed by atoms with Gasteiger partial charge in [0.05, 0.1) is 6.10 Å². The molecule has 35 heavy (non-hydrogen) atoms. The summed E-state index contributed by atoms with van der Waals surface area (Å²) in [5, 5.41) is 11.6. The molecule has 1 aliphatic rings. The lowest BCUT2D eigenvalue weighted by Crippen LogP contribution is -2.32. The molecule has 0 aliphatic heterocycles. The number of esters is 1. The first kappa shape index (κ1) is 25.2. The smallest absolute Gasteiger partial charge is 0.321 e. The molecule has 1 N–H and O–H groups in total. The van der Waals surface area contributed by atoms with E-state index in [0.717, 1.165) is 27.8 Å². The molecule has 184 valence electrons. The maximum Gasteiger partial charge on any atom is 0.321 e. The Morgan fingerprint density at radius 1 is 0.886 bits per heavy atom. The van der Waals surface area contributed by atoms with E-state index >= 15 is 0 Å². The Hall–Kier alpha value is -2.91. The Morgan fingerprint density at radius 2 is 1.37 bits per heavy atom. The van der Waals surface area contributed by atoms with E-state index in [1.165, 1.54) is 0 Å². The van der Waals surface area contributed by atoms with E-state index in [-0.39, 0.29) is 22.7 Å². The first-order chi connectivity index (χ1) is 16.4. The summed E-state index contributed by atoms with van der Waals surface area (Å²) in [7, 11) is 0. The Kier molecular flexibility index (Phi) is 6.44. The number of hydrogen-bond acceptors (Lipinski definition) is 3. The van der Waals surface area contributed by atoms with Crippen LogP contribution in [0.15, 0.2) is 72.8 Å². The third-order valence-electron chi connectivity index (χ3n) is 7.23. The molecule has 3 aromatic rings. The van der Waals surface area contributed by atoms with Gasteiger partial charge < -0.3 is 9.84 Å². The molecule has 0 saturated heterocycles. The quantitative estimate of drug-likeness (QED) is 0.312. The van der Waals surface area contributed by atoms with E-state index in [4.69, 9.17) is 4.74 Å². The van der Waals surface area contributed by atoms with Crippen LogP contribution in [0.3, 0.4) is 0 Å². The average molecular weight is 471 g/mol. The average Bonchev–Trinajstić information content (AvgIpc) is 3.56. The number of aryl methyl sites for hydroxylation is 1. The summed E-state index contributed by atoms with van der Waals surface area (Å²) in [5.74, 6) is 0.175. The van der Waals surface area contributed by atoms with Crippen LogP contribution in [0.2, 0.25) is 0 Å². The van der Waals surface area contributed by atoms with Gasteiger partial charge in [0.25, 0.3) is 0 Å². The molecule has 3 aromatic carbocycles. The summed E-state index contributed by atoms with van der Waals surface area (Å²) in [6.07, 6.45) is -0.406. The van der Waals surface area contributed by atoms with Crippen LogP contribution >= 0.6 is 0 Å². The van der Waals surface area contributed by atoms with Crippen molar-refractivity contribution in [2.75, 3.05) is 0 Å². The van der Waals surface area contributed by atoms with Gasteiger partial charge in [-0.25, -0.2) is 0 Å². The van der Waals surface area contributed by atoms with Crippen molar-refractivity contribution in [2.24, 2.45) is 5.41 Å². The zero-order valence-electron chi connectivity index (χ0n) is 22.1. The largest absolute Gasteiger partial charge is 0.425 e. The van der Waals surface area contributed by atoms with E-state index in [2.05, 4.69) is 60.6 Å². The fourth-order valence-corrected chi connectivity index (χ4v) is 5.14. The fourth-order valence-electron chi connectivity index (χ4n) is 5.14. The molecule has 3 heteroatoms. The lowest BCUT2D eigenvalue weighted by Gasteiger charge is -2.31. The van der Waals surface area contributed by atoms with Gasteiger partial charge in [0.2, 0.25) is 0 Å². The Morgan fingerprint density at radius 3 is 1.86 bits per heavy atom. The third-order valence-corrected chi connectivity index (χ3v) is 7.23. The van der Waals surface area contributed by atoms with Crippen molar-refractivity contribution in [2.45, 2.75) is 77.7 Å². The molecule has 0 amide bonds.